The first-order valence-corrected chi connectivity index (χ1v) is 14.2. The van der Waals surface area contributed by atoms with Crippen LogP contribution in [0.2, 0.25) is 0 Å². The van der Waals surface area contributed by atoms with Crippen molar-refractivity contribution in [1.29, 1.82) is 0 Å². The van der Waals surface area contributed by atoms with Gasteiger partial charge < -0.3 is 13.9 Å². The van der Waals surface area contributed by atoms with Crippen molar-refractivity contribution >= 4 is 38.4 Å². The van der Waals surface area contributed by atoms with Crippen molar-refractivity contribution < 1.29 is 13.2 Å². The fourth-order valence-electron chi connectivity index (χ4n) is 3.83. The molecule has 0 unspecified atom stereocenters. The molecule has 0 saturated carbocycles. The van der Waals surface area contributed by atoms with Gasteiger partial charge >= 0.3 is 0 Å². The average molecular weight is 516 g/mol. The third kappa shape index (κ3) is 5.08. The largest absolute Gasteiger partial charge is 0.379 e. The van der Waals surface area contributed by atoms with E-state index < -0.39 is 10.0 Å². The summed E-state index contributed by atoms with van der Waals surface area (Å²) in [7, 11) is -3.52. The summed E-state index contributed by atoms with van der Waals surface area (Å²) in [4.78, 5) is 11.3. The highest BCUT2D eigenvalue weighted by Crippen LogP contribution is 2.26. The normalized spacial score (nSPS) is 15.7. The highest BCUT2D eigenvalue weighted by atomic mass is 32.2. The van der Waals surface area contributed by atoms with Gasteiger partial charge in [-0.05, 0) is 42.1 Å². The van der Waals surface area contributed by atoms with Crippen molar-refractivity contribution in [3.05, 3.63) is 70.7 Å². The fourth-order valence-corrected chi connectivity index (χ4v) is 7.01. The number of thiazole rings is 1. The lowest BCUT2D eigenvalue weighted by atomic mass is 10.3. The van der Waals surface area contributed by atoms with Gasteiger partial charge in [-0.1, -0.05) is 6.07 Å². The van der Waals surface area contributed by atoms with Gasteiger partial charge in [0.25, 0.3) is 0 Å². The second kappa shape index (κ2) is 10.4. The molecule has 0 radical (unpaired) electrons. The van der Waals surface area contributed by atoms with Crippen LogP contribution in [0.5, 0.6) is 0 Å². The third-order valence-corrected chi connectivity index (χ3v) is 9.27. The molecule has 4 aromatic rings. The van der Waals surface area contributed by atoms with Gasteiger partial charge in [0.15, 0.2) is 4.80 Å². The summed E-state index contributed by atoms with van der Waals surface area (Å²) in [5.74, 6) is 0. The van der Waals surface area contributed by atoms with E-state index in [1.54, 1.807) is 53.1 Å². The minimum absolute atomic E-state index is 0.284. The smallest absolute Gasteiger partial charge is 0.243 e. The second-order valence-electron chi connectivity index (χ2n) is 7.81. The molecule has 4 heterocycles. The first-order valence-electron chi connectivity index (χ1n) is 11.0. The summed E-state index contributed by atoms with van der Waals surface area (Å²) >= 11 is 3.30. The summed E-state index contributed by atoms with van der Waals surface area (Å²) < 4.78 is 36.9. The lowest BCUT2D eigenvalue weighted by molar-refractivity contribution is 0.0730. The van der Waals surface area contributed by atoms with Crippen LogP contribution < -0.4 is 4.80 Å². The van der Waals surface area contributed by atoms with E-state index in [2.05, 4.69) is 37.0 Å². The van der Waals surface area contributed by atoms with Crippen molar-refractivity contribution in [2.75, 3.05) is 26.3 Å². The molecular weight excluding hydrogens is 490 g/mol. The Morgan fingerprint density at radius 3 is 2.59 bits per heavy atom. The molecule has 1 fully saturated rings. The SMILES string of the molecule is O=S(=O)(c1ccc(N=c2scc(-c3cccs3)n2CCCn2ccnc2)cc1)N1CCOCC1. The molecule has 1 aliphatic heterocycles. The van der Waals surface area contributed by atoms with E-state index in [0.717, 1.165) is 35.7 Å². The number of hydrogen-bond donors (Lipinski definition) is 0. The number of thiophene rings is 1. The van der Waals surface area contributed by atoms with Gasteiger partial charge in [0.2, 0.25) is 10.0 Å². The zero-order valence-electron chi connectivity index (χ0n) is 18.5. The summed E-state index contributed by atoms with van der Waals surface area (Å²) in [6, 6.07) is 11.0. The Bertz CT molecular complexity index is 1370. The average Bonchev–Trinajstić information content (AvgIpc) is 3.63. The third-order valence-electron chi connectivity index (χ3n) is 5.60. The van der Waals surface area contributed by atoms with E-state index in [-0.39, 0.29) is 4.90 Å². The van der Waals surface area contributed by atoms with Gasteiger partial charge in [0, 0.05) is 44.0 Å². The molecule has 0 amide bonds. The number of ether oxygens (including phenoxy) is 1. The molecule has 0 N–H and O–H groups in total. The Hall–Kier alpha value is -2.57. The van der Waals surface area contributed by atoms with Crippen molar-refractivity contribution in [3.63, 3.8) is 0 Å². The summed E-state index contributed by atoms with van der Waals surface area (Å²) in [5, 5.41) is 4.21. The molecule has 0 aliphatic carbocycles. The Kier molecular flexibility index (Phi) is 7.07. The molecular formula is C23H25N5O3S3. The number of aryl methyl sites for hydroxylation is 1. The first-order chi connectivity index (χ1) is 16.6. The molecule has 3 aromatic heterocycles. The van der Waals surface area contributed by atoms with Gasteiger partial charge in [0.05, 0.1) is 40.7 Å². The molecule has 11 heteroatoms. The predicted octanol–water partition coefficient (Wildman–Crippen LogP) is 3.82. The number of benzene rings is 1. The maximum atomic E-state index is 12.9. The number of morpholine rings is 1. The number of aromatic nitrogens is 3. The van der Waals surface area contributed by atoms with Crippen LogP contribution in [0.1, 0.15) is 6.42 Å². The second-order valence-corrected chi connectivity index (χ2v) is 11.5. The maximum absolute atomic E-state index is 12.9. The Labute approximate surface area is 206 Å². The number of imidazole rings is 1. The molecule has 1 aliphatic rings. The standard InChI is InChI=1S/C23H25N5O3S3/c29-34(30,27-12-14-31-15-13-27)20-6-4-19(5-7-20)25-23-28(10-2-9-26-11-8-24-18-26)21(17-33-23)22-3-1-16-32-22/h1,3-8,11,16-18H,2,9-10,12-15H2. The zero-order valence-corrected chi connectivity index (χ0v) is 20.9. The number of sulfonamides is 1. The number of nitrogens with zero attached hydrogens (tertiary/aromatic N) is 5. The molecule has 5 rings (SSSR count). The van der Waals surface area contributed by atoms with Crippen LogP contribution >= 0.6 is 22.7 Å². The fraction of sp³-hybridized carbons (Fsp3) is 0.304. The van der Waals surface area contributed by atoms with E-state index in [1.165, 1.54) is 9.18 Å². The van der Waals surface area contributed by atoms with Gasteiger partial charge in [0.1, 0.15) is 0 Å². The summed E-state index contributed by atoms with van der Waals surface area (Å²) in [6.07, 6.45) is 6.53. The molecule has 1 aromatic carbocycles. The number of hydrogen-bond acceptors (Lipinski definition) is 7. The van der Waals surface area contributed by atoms with E-state index in [0.29, 0.717) is 26.3 Å². The summed E-state index contributed by atoms with van der Waals surface area (Å²) in [5.41, 5.74) is 1.87. The van der Waals surface area contributed by atoms with E-state index >= 15 is 0 Å². The molecule has 1 saturated heterocycles. The van der Waals surface area contributed by atoms with Crippen LogP contribution in [0.15, 0.2) is 75.8 Å². The van der Waals surface area contributed by atoms with Gasteiger partial charge in [-0.25, -0.2) is 18.4 Å². The van der Waals surface area contributed by atoms with Crippen molar-refractivity contribution in [2.45, 2.75) is 24.4 Å². The topological polar surface area (TPSA) is 81.7 Å². The van der Waals surface area contributed by atoms with E-state index in [9.17, 15) is 8.42 Å². The van der Waals surface area contributed by atoms with Crippen LogP contribution in [-0.4, -0.2) is 53.1 Å². The van der Waals surface area contributed by atoms with Crippen LogP contribution in [-0.2, 0) is 27.8 Å². The highest BCUT2D eigenvalue weighted by molar-refractivity contribution is 7.89. The van der Waals surface area contributed by atoms with Crippen LogP contribution in [0.25, 0.3) is 10.6 Å². The van der Waals surface area contributed by atoms with Crippen LogP contribution in [0.4, 0.5) is 5.69 Å². The minimum Gasteiger partial charge on any atom is -0.379 e. The zero-order chi connectivity index (χ0) is 23.4. The summed E-state index contributed by atoms with van der Waals surface area (Å²) in [6.45, 7) is 3.32. The lowest BCUT2D eigenvalue weighted by Crippen LogP contribution is -2.40. The Balaban J connectivity index is 1.41. The first kappa shape index (κ1) is 23.2. The van der Waals surface area contributed by atoms with Gasteiger partial charge in [-0.2, -0.15) is 4.31 Å². The maximum Gasteiger partial charge on any atom is 0.243 e. The van der Waals surface area contributed by atoms with Crippen molar-refractivity contribution in [1.82, 2.24) is 18.4 Å². The molecule has 34 heavy (non-hydrogen) atoms. The highest BCUT2D eigenvalue weighted by Gasteiger charge is 2.26. The monoisotopic (exact) mass is 515 g/mol. The van der Waals surface area contributed by atoms with Crippen LogP contribution in [0.3, 0.4) is 0 Å². The van der Waals surface area contributed by atoms with Gasteiger partial charge in [-0.3, -0.25) is 0 Å². The molecule has 0 atom stereocenters. The minimum atomic E-state index is -3.52. The molecule has 8 nitrogen and oxygen atoms in total. The predicted molar refractivity (Wildman–Crippen MR) is 134 cm³/mol. The van der Waals surface area contributed by atoms with E-state index in [4.69, 9.17) is 9.73 Å². The number of rotatable bonds is 8. The van der Waals surface area contributed by atoms with E-state index in [1.807, 2.05) is 12.5 Å². The van der Waals surface area contributed by atoms with Crippen molar-refractivity contribution in [2.24, 2.45) is 4.99 Å². The lowest BCUT2D eigenvalue weighted by Gasteiger charge is -2.26. The molecule has 0 spiro atoms. The molecule has 0 bridgehead atoms. The quantitative estimate of drug-likeness (QED) is 0.357. The molecule has 178 valence electrons. The van der Waals surface area contributed by atoms with Crippen LogP contribution in [0, 0.1) is 0 Å². The Morgan fingerprint density at radius 1 is 1.06 bits per heavy atom. The van der Waals surface area contributed by atoms with Crippen molar-refractivity contribution in [3.8, 4) is 10.6 Å². The Morgan fingerprint density at radius 2 is 1.88 bits per heavy atom. The van der Waals surface area contributed by atoms with Gasteiger partial charge in [-0.15, -0.1) is 22.7 Å².